The van der Waals surface area contributed by atoms with Gasteiger partial charge in [0.1, 0.15) is 5.82 Å². The molecule has 0 heterocycles. The Morgan fingerprint density at radius 2 is 2.04 bits per heavy atom. The molecule has 2 amide bonds. The first-order chi connectivity index (χ1) is 11.0. The predicted octanol–water partition coefficient (Wildman–Crippen LogP) is 2.69. The van der Waals surface area contributed by atoms with Crippen LogP contribution in [0, 0.1) is 22.6 Å². The number of hydrogen-bond donors (Lipinski definition) is 3. The summed E-state index contributed by atoms with van der Waals surface area (Å²) >= 11 is 0. The van der Waals surface area contributed by atoms with Gasteiger partial charge in [0.2, 0.25) is 0 Å². The zero-order chi connectivity index (χ0) is 17.3. The van der Waals surface area contributed by atoms with E-state index in [-0.39, 0.29) is 30.2 Å². The van der Waals surface area contributed by atoms with Gasteiger partial charge in [0.05, 0.1) is 11.6 Å². The molecule has 0 fully saturated rings. The van der Waals surface area contributed by atoms with Crippen LogP contribution < -0.4 is 10.6 Å². The Morgan fingerprint density at radius 3 is 2.57 bits per heavy atom. The van der Waals surface area contributed by atoms with E-state index in [0.29, 0.717) is 18.5 Å². The molecule has 0 atom stereocenters. The zero-order valence-electron chi connectivity index (χ0n) is 13.7. The van der Waals surface area contributed by atoms with Crippen molar-refractivity contribution in [3.8, 4) is 6.07 Å². The van der Waals surface area contributed by atoms with Crippen LogP contribution in [0.5, 0.6) is 0 Å². The number of rotatable bonds is 8. The van der Waals surface area contributed by atoms with Crippen LogP contribution in [0.4, 0.5) is 9.18 Å². The van der Waals surface area contributed by atoms with Crippen LogP contribution in [0.3, 0.4) is 0 Å². The van der Waals surface area contributed by atoms with E-state index in [4.69, 9.17) is 10.4 Å². The molecule has 0 radical (unpaired) electrons. The minimum Gasteiger partial charge on any atom is -0.396 e. The summed E-state index contributed by atoms with van der Waals surface area (Å²) in [6.45, 7) is 4.66. The van der Waals surface area contributed by atoms with Crippen molar-refractivity contribution in [3.05, 3.63) is 35.1 Å². The summed E-state index contributed by atoms with van der Waals surface area (Å²) < 4.78 is 13.7. The molecule has 126 valence electrons. The quantitative estimate of drug-likeness (QED) is 0.688. The highest BCUT2D eigenvalue weighted by Crippen LogP contribution is 2.29. The molecule has 1 aromatic carbocycles. The lowest BCUT2D eigenvalue weighted by atomic mass is 9.79. The predicted molar refractivity (Wildman–Crippen MR) is 86.1 cm³/mol. The van der Waals surface area contributed by atoms with Crippen LogP contribution >= 0.6 is 0 Å². The third-order valence-corrected chi connectivity index (χ3v) is 4.39. The minimum atomic E-state index is -0.513. The van der Waals surface area contributed by atoms with Crippen LogP contribution in [-0.4, -0.2) is 24.3 Å². The van der Waals surface area contributed by atoms with Gasteiger partial charge < -0.3 is 15.7 Å². The molecule has 0 spiro atoms. The number of nitriles is 1. The lowest BCUT2D eigenvalue weighted by Gasteiger charge is -2.31. The number of carbonyl (C=O) groups excluding carboxylic acids is 1. The van der Waals surface area contributed by atoms with Crippen molar-refractivity contribution >= 4 is 6.03 Å². The van der Waals surface area contributed by atoms with Crippen LogP contribution in [-0.2, 0) is 6.54 Å². The summed E-state index contributed by atoms with van der Waals surface area (Å²) in [5.74, 6) is -0.513. The second-order valence-corrected chi connectivity index (χ2v) is 5.63. The third-order valence-electron chi connectivity index (χ3n) is 4.39. The molecule has 0 saturated heterocycles. The normalized spacial score (nSPS) is 10.9. The van der Waals surface area contributed by atoms with E-state index in [1.165, 1.54) is 12.1 Å². The maximum Gasteiger partial charge on any atom is 0.315 e. The highest BCUT2D eigenvalue weighted by atomic mass is 19.1. The molecule has 0 aliphatic carbocycles. The lowest BCUT2D eigenvalue weighted by Crippen LogP contribution is -2.42. The monoisotopic (exact) mass is 321 g/mol. The van der Waals surface area contributed by atoms with E-state index in [1.807, 2.05) is 19.9 Å². The largest absolute Gasteiger partial charge is 0.396 e. The van der Waals surface area contributed by atoms with Gasteiger partial charge in [-0.05, 0) is 36.8 Å². The molecule has 0 aliphatic rings. The van der Waals surface area contributed by atoms with Crippen LogP contribution in [0.15, 0.2) is 18.2 Å². The summed E-state index contributed by atoms with van der Waals surface area (Å²) in [6, 6.07) is 5.63. The molecular weight excluding hydrogens is 297 g/mol. The van der Waals surface area contributed by atoms with Gasteiger partial charge in [0.25, 0.3) is 0 Å². The van der Waals surface area contributed by atoms with Gasteiger partial charge in [-0.1, -0.05) is 19.9 Å². The third kappa shape index (κ3) is 5.53. The molecule has 23 heavy (non-hydrogen) atoms. The second kappa shape index (κ2) is 9.11. The summed E-state index contributed by atoms with van der Waals surface area (Å²) in [7, 11) is 0. The molecule has 6 heteroatoms. The highest BCUT2D eigenvalue weighted by molar-refractivity contribution is 5.73. The molecule has 0 unspecified atom stereocenters. The summed E-state index contributed by atoms with van der Waals surface area (Å²) in [5, 5.41) is 23.2. The molecule has 0 bridgehead atoms. The summed E-state index contributed by atoms with van der Waals surface area (Å²) in [6.07, 6.45) is 2.34. The van der Waals surface area contributed by atoms with Crippen LogP contribution in [0.25, 0.3) is 0 Å². The van der Waals surface area contributed by atoms with Gasteiger partial charge in [0.15, 0.2) is 0 Å². The smallest absolute Gasteiger partial charge is 0.315 e. The molecule has 0 aromatic heterocycles. The van der Waals surface area contributed by atoms with Crippen molar-refractivity contribution in [2.24, 2.45) is 5.41 Å². The fraction of sp³-hybridized carbons (Fsp3) is 0.529. The number of carbonyl (C=O) groups is 1. The van der Waals surface area contributed by atoms with E-state index < -0.39 is 5.82 Å². The van der Waals surface area contributed by atoms with Crippen molar-refractivity contribution in [2.75, 3.05) is 13.2 Å². The number of nitrogens with one attached hydrogen (secondary N) is 2. The zero-order valence-corrected chi connectivity index (χ0v) is 13.7. The number of aliphatic hydroxyl groups is 1. The second-order valence-electron chi connectivity index (χ2n) is 5.63. The van der Waals surface area contributed by atoms with Crippen LogP contribution in [0.1, 0.15) is 44.2 Å². The van der Waals surface area contributed by atoms with Crippen molar-refractivity contribution in [2.45, 2.75) is 39.7 Å². The first kappa shape index (κ1) is 18.9. The maximum atomic E-state index is 13.7. The van der Waals surface area contributed by atoms with Crippen molar-refractivity contribution in [1.82, 2.24) is 10.6 Å². The summed E-state index contributed by atoms with van der Waals surface area (Å²) in [4.78, 5) is 11.9. The number of aliphatic hydroxyl groups excluding tert-OH is 1. The average Bonchev–Trinajstić information content (AvgIpc) is 2.57. The highest BCUT2D eigenvalue weighted by Gasteiger charge is 2.26. The molecule has 5 nitrogen and oxygen atoms in total. The molecule has 0 saturated carbocycles. The van der Waals surface area contributed by atoms with E-state index in [2.05, 4.69) is 10.6 Å². The van der Waals surface area contributed by atoms with Crippen molar-refractivity contribution in [3.63, 3.8) is 0 Å². The van der Waals surface area contributed by atoms with Gasteiger partial charge in [-0.15, -0.1) is 0 Å². The number of hydrogen-bond acceptors (Lipinski definition) is 3. The fourth-order valence-corrected chi connectivity index (χ4v) is 2.45. The first-order valence-electron chi connectivity index (χ1n) is 7.81. The van der Waals surface area contributed by atoms with Crippen LogP contribution in [0.2, 0.25) is 0 Å². The number of nitrogens with zero attached hydrogens (tertiary/aromatic N) is 1. The SMILES string of the molecule is CCC(CC)(CCO)CNC(=O)NCc1ccc(C#N)cc1F. The lowest BCUT2D eigenvalue weighted by molar-refractivity contribution is 0.163. The Balaban J connectivity index is 2.53. The molecule has 1 aromatic rings. The Labute approximate surface area is 136 Å². The Hall–Kier alpha value is -2.13. The summed E-state index contributed by atoms with van der Waals surface area (Å²) in [5.41, 5.74) is 0.452. The van der Waals surface area contributed by atoms with Crippen molar-refractivity contribution < 1.29 is 14.3 Å². The minimum absolute atomic E-state index is 0.0502. The topological polar surface area (TPSA) is 85.2 Å². The molecule has 1 rings (SSSR count). The van der Waals surface area contributed by atoms with E-state index in [9.17, 15) is 9.18 Å². The van der Waals surface area contributed by atoms with Gasteiger partial charge >= 0.3 is 6.03 Å². The number of halogens is 1. The van der Waals surface area contributed by atoms with Crippen molar-refractivity contribution in [1.29, 1.82) is 5.26 Å². The average molecular weight is 321 g/mol. The standard InChI is InChI=1S/C17H24FN3O2/c1-3-17(4-2,7-8-22)12-21-16(23)20-11-14-6-5-13(10-19)9-15(14)18/h5-6,9,22H,3-4,7-8,11-12H2,1-2H3,(H2,20,21,23). The van der Waals surface area contributed by atoms with Gasteiger partial charge in [-0.2, -0.15) is 5.26 Å². The fourth-order valence-electron chi connectivity index (χ4n) is 2.45. The van der Waals surface area contributed by atoms with E-state index in [0.717, 1.165) is 18.9 Å². The number of amides is 2. The number of benzene rings is 1. The maximum absolute atomic E-state index is 13.7. The molecule has 0 aliphatic heterocycles. The Kier molecular flexibility index (Phi) is 7.49. The molecular formula is C17H24FN3O2. The van der Waals surface area contributed by atoms with E-state index in [1.54, 1.807) is 0 Å². The van der Waals surface area contributed by atoms with Gasteiger partial charge in [-0.25, -0.2) is 9.18 Å². The Morgan fingerprint density at radius 1 is 1.35 bits per heavy atom. The van der Waals surface area contributed by atoms with Gasteiger partial charge in [0, 0.05) is 25.3 Å². The van der Waals surface area contributed by atoms with E-state index >= 15 is 0 Å². The number of urea groups is 1. The first-order valence-corrected chi connectivity index (χ1v) is 7.81. The molecule has 3 N–H and O–H groups in total. The Bertz CT molecular complexity index is 565. The van der Waals surface area contributed by atoms with Gasteiger partial charge in [-0.3, -0.25) is 0 Å².